The van der Waals surface area contributed by atoms with E-state index >= 15 is 0 Å². The van der Waals surface area contributed by atoms with Crippen molar-refractivity contribution in [3.63, 3.8) is 0 Å². The van der Waals surface area contributed by atoms with Gasteiger partial charge in [0.1, 0.15) is 5.82 Å². The maximum absolute atomic E-state index is 13.4. The van der Waals surface area contributed by atoms with Gasteiger partial charge in [-0.1, -0.05) is 6.42 Å². The summed E-state index contributed by atoms with van der Waals surface area (Å²) >= 11 is 0. The first kappa shape index (κ1) is 10.6. The summed E-state index contributed by atoms with van der Waals surface area (Å²) in [6, 6.07) is 3.31. The van der Waals surface area contributed by atoms with Crippen molar-refractivity contribution in [1.29, 1.82) is 0 Å². The van der Waals surface area contributed by atoms with Gasteiger partial charge in [-0.3, -0.25) is 0 Å². The first-order valence-electron chi connectivity index (χ1n) is 6.07. The van der Waals surface area contributed by atoms with Gasteiger partial charge in [-0.15, -0.1) is 0 Å². The minimum Gasteiger partial charge on any atom is -0.369 e. The molecule has 90 valence electrons. The summed E-state index contributed by atoms with van der Waals surface area (Å²) in [7, 11) is 0. The van der Waals surface area contributed by atoms with Crippen LogP contribution in [0.4, 0.5) is 10.3 Å². The topological polar surface area (TPSA) is 43.8 Å². The number of nitrogens with two attached hydrogens (primary N) is 1. The van der Waals surface area contributed by atoms with Crippen molar-refractivity contribution in [1.82, 2.24) is 9.55 Å². The summed E-state index contributed by atoms with van der Waals surface area (Å²) < 4.78 is 15.5. The Morgan fingerprint density at radius 1 is 1.47 bits per heavy atom. The van der Waals surface area contributed by atoms with Gasteiger partial charge in [-0.25, -0.2) is 9.37 Å². The van der Waals surface area contributed by atoms with Gasteiger partial charge in [0.2, 0.25) is 5.95 Å². The number of halogens is 1. The molecule has 1 heterocycles. The number of aromatic nitrogens is 2. The molecule has 1 aliphatic carbocycles. The van der Waals surface area contributed by atoms with Gasteiger partial charge in [-0.2, -0.15) is 0 Å². The molecule has 0 atom stereocenters. The van der Waals surface area contributed by atoms with Gasteiger partial charge in [0.15, 0.2) is 0 Å². The van der Waals surface area contributed by atoms with Crippen molar-refractivity contribution in [2.45, 2.75) is 32.7 Å². The number of imidazole rings is 1. The lowest BCUT2D eigenvalue weighted by Crippen LogP contribution is -2.19. The maximum atomic E-state index is 13.4. The average molecular weight is 233 g/mol. The molecule has 0 bridgehead atoms. The van der Waals surface area contributed by atoms with Crippen LogP contribution in [-0.2, 0) is 6.54 Å². The Hall–Kier alpha value is -1.58. The normalized spacial score (nSPS) is 16.4. The first-order chi connectivity index (χ1) is 8.15. The van der Waals surface area contributed by atoms with Gasteiger partial charge >= 0.3 is 0 Å². The van der Waals surface area contributed by atoms with E-state index in [9.17, 15) is 4.39 Å². The SMILES string of the molecule is Cc1cc2c(cc1F)nc(N)n2CC1CCC1. The lowest BCUT2D eigenvalue weighted by Gasteiger charge is -2.26. The molecular formula is C13H16FN3. The number of anilines is 1. The lowest BCUT2D eigenvalue weighted by molar-refractivity contribution is 0.281. The molecule has 4 heteroatoms. The Bertz CT molecular complexity index is 570. The molecule has 0 saturated heterocycles. The molecule has 1 saturated carbocycles. The quantitative estimate of drug-likeness (QED) is 0.866. The highest BCUT2D eigenvalue weighted by Gasteiger charge is 2.20. The van der Waals surface area contributed by atoms with E-state index in [-0.39, 0.29) is 5.82 Å². The largest absolute Gasteiger partial charge is 0.369 e. The van der Waals surface area contributed by atoms with E-state index in [4.69, 9.17) is 5.73 Å². The third-order valence-corrected chi connectivity index (χ3v) is 3.72. The second-order valence-electron chi connectivity index (χ2n) is 4.97. The van der Waals surface area contributed by atoms with Crippen molar-refractivity contribution in [2.75, 3.05) is 5.73 Å². The Balaban J connectivity index is 2.08. The minimum atomic E-state index is -0.217. The fourth-order valence-corrected chi connectivity index (χ4v) is 2.39. The highest BCUT2D eigenvalue weighted by molar-refractivity contribution is 5.79. The molecule has 3 rings (SSSR count). The second-order valence-corrected chi connectivity index (χ2v) is 4.97. The van der Waals surface area contributed by atoms with Crippen LogP contribution in [0.5, 0.6) is 0 Å². The van der Waals surface area contributed by atoms with Crippen LogP contribution in [0.25, 0.3) is 11.0 Å². The standard InChI is InChI=1S/C13H16FN3/c1-8-5-12-11(6-10(8)14)16-13(15)17(12)7-9-3-2-4-9/h5-6,9H,2-4,7H2,1H3,(H2,15,16). The zero-order chi connectivity index (χ0) is 12.0. The van der Waals surface area contributed by atoms with Crippen LogP contribution in [0.1, 0.15) is 24.8 Å². The fourth-order valence-electron chi connectivity index (χ4n) is 2.39. The van der Waals surface area contributed by atoms with Crippen molar-refractivity contribution in [2.24, 2.45) is 5.92 Å². The highest BCUT2D eigenvalue weighted by Crippen LogP contribution is 2.30. The summed E-state index contributed by atoms with van der Waals surface area (Å²) in [6.45, 7) is 2.68. The van der Waals surface area contributed by atoms with Gasteiger partial charge in [0, 0.05) is 12.6 Å². The number of hydrogen-bond acceptors (Lipinski definition) is 2. The van der Waals surface area contributed by atoms with Gasteiger partial charge in [0.05, 0.1) is 11.0 Å². The smallest absolute Gasteiger partial charge is 0.201 e. The minimum absolute atomic E-state index is 0.217. The van der Waals surface area contributed by atoms with E-state index in [0.717, 1.165) is 12.1 Å². The molecular weight excluding hydrogens is 217 g/mol. The molecule has 1 fully saturated rings. The Morgan fingerprint density at radius 3 is 2.88 bits per heavy atom. The monoisotopic (exact) mass is 233 g/mol. The van der Waals surface area contributed by atoms with Crippen LogP contribution in [0.2, 0.25) is 0 Å². The molecule has 0 amide bonds. The molecule has 1 aromatic heterocycles. The van der Waals surface area contributed by atoms with Crippen molar-refractivity contribution < 1.29 is 4.39 Å². The third-order valence-electron chi connectivity index (χ3n) is 3.72. The number of nitrogens with zero attached hydrogens (tertiary/aromatic N) is 2. The van der Waals surface area contributed by atoms with E-state index < -0.39 is 0 Å². The molecule has 1 aliphatic rings. The van der Waals surface area contributed by atoms with Crippen molar-refractivity contribution in [3.05, 3.63) is 23.5 Å². The molecule has 0 aliphatic heterocycles. The summed E-state index contributed by atoms with van der Waals surface area (Å²) in [5.74, 6) is 0.989. The third kappa shape index (κ3) is 1.68. The van der Waals surface area contributed by atoms with Crippen LogP contribution in [0, 0.1) is 18.7 Å². The summed E-state index contributed by atoms with van der Waals surface area (Å²) in [4.78, 5) is 4.23. The van der Waals surface area contributed by atoms with Crippen LogP contribution in [-0.4, -0.2) is 9.55 Å². The summed E-state index contributed by atoms with van der Waals surface area (Å²) in [6.07, 6.45) is 3.84. The van der Waals surface area contributed by atoms with E-state index in [1.165, 1.54) is 25.3 Å². The summed E-state index contributed by atoms with van der Waals surface area (Å²) in [5, 5.41) is 0. The van der Waals surface area contributed by atoms with E-state index in [2.05, 4.69) is 4.98 Å². The Labute approximate surface area is 99.4 Å². The van der Waals surface area contributed by atoms with Crippen LogP contribution < -0.4 is 5.73 Å². The van der Waals surface area contributed by atoms with Gasteiger partial charge < -0.3 is 10.3 Å². The molecule has 17 heavy (non-hydrogen) atoms. The molecule has 2 N–H and O–H groups in total. The van der Waals surface area contributed by atoms with Crippen molar-refractivity contribution in [3.8, 4) is 0 Å². The van der Waals surface area contributed by atoms with E-state index in [1.807, 2.05) is 10.6 Å². The zero-order valence-electron chi connectivity index (χ0n) is 9.91. The predicted molar refractivity (Wildman–Crippen MR) is 66.2 cm³/mol. The Kier molecular flexibility index (Phi) is 2.31. The number of benzene rings is 1. The number of fused-ring (bicyclic) bond motifs is 1. The molecule has 0 spiro atoms. The Morgan fingerprint density at radius 2 is 2.24 bits per heavy atom. The number of hydrogen-bond donors (Lipinski definition) is 1. The number of nitrogen functional groups attached to an aromatic ring is 1. The number of rotatable bonds is 2. The molecule has 0 radical (unpaired) electrons. The zero-order valence-corrected chi connectivity index (χ0v) is 9.91. The molecule has 2 aromatic rings. The average Bonchev–Trinajstić information content (AvgIpc) is 2.49. The summed E-state index contributed by atoms with van der Waals surface area (Å²) in [5.41, 5.74) is 8.17. The van der Waals surface area contributed by atoms with E-state index in [1.54, 1.807) is 6.92 Å². The van der Waals surface area contributed by atoms with Gasteiger partial charge in [0.25, 0.3) is 0 Å². The van der Waals surface area contributed by atoms with Crippen LogP contribution in [0.15, 0.2) is 12.1 Å². The second kappa shape index (κ2) is 3.72. The molecule has 0 unspecified atom stereocenters. The molecule has 3 nitrogen and oxygen atoms in total. The fraction of sp³-hybridized carbons (Fsp3) is 0.462. The van der Waals surface area contributed by atoms with E-state index in [0.29, 0.717) is 22.9 Å². The first-order valence-corrected chi connectivity index (χ1v) is 6.07. The number of aryl methyl sites for hydroxylation is 1. The highest BCUT2D eigenvalue weighted by atomic mass is 19.1. The lowest BCUT2D eigenvalue weighted by atomic mass is 9.85. The van der Waals surface area contributed by atoms with Crippen LogP contribution >= 0.6 is 0 Å². The predicted octanol–water partition coefficient (Wildman–Crippen LogP) is 2.87. The van der Waals surface area contributed by atoms with Crippen LogP contribution in [0.3, 0.4) is 0 Å². The van der Waals surface area contributed by atoms with Gasteiger partial charge in [-0.05, 0) is 37.3 Å². The molecule has 1 aromatic carbocycles. The maximum Gasteiger partial charge on any atom is 0.201 e. The van der Waals surface area contributed by atoms with Crippen molar-refractivity contribution >= 4 is 17.0 Å².